The fourth-order valence-corrected chi connectivity index (χ4v) is 2.99. The first kappa shape index (κ1) is 10.6. The molecule has 3 nitrogen and oxygen atoms in total. The SMILES string of the molecule is CCI(N)CCC(C)(N)O. The molecule has 64 valence electrons. The van der Waals surface area contributed by atoms with Crippen molar-refractivity contribution in [2.24, 2.45) is 9.68 Å². The summed E-state index contributed by atoms with van der Waals surface area (Å²) in [5.74, 6) is 0. The van der Waals surface area contributed by atoms with Crippen molar-refractivity contribution >= 4 is 20.1 Å². The molecule has 0 aliphatic carbocycles. The van der Waals surface area contributed by atoms with Crippen LogP contribution in [0, 0.1) is 0 Å². The molecule has 4 heteroatoms. The molecule has 0 aromatic heterocycles. The summed E-state index contributed by atoms with van der Waals surface area (Å²) in [5, 5.41) is 9.11. The van der Waals surface area contributed by atoms with Gasteiger partial charge in [0.25, 0.3) is 0 Å². The average Bonchev–Trinajstić information content (AvgIpc) is 1.81. The van der Waals surface area contributed by atoms with Gasteiger partial charge in [0.15, 0.2) is 0 Å². The van der Waals surface area contributed by atoms with Gasteiger partial charge < -0.3 is 0 Å². The molecule has 0 heterocycles. The van der Waals surface area contributed by atoms with Crippen LogP contribution in [-0.4, -0.2) is 19.7 Å². The summed E-state index contributed by atoms with van der Waals surface area (Å²) in [6, 6.07) is 0. The molecular weight excluding hydrogens is 243 g/mol. The number of hydrogen-bond donors (Lipinski definition) is 3. The van der Waals surface area contributed by atoms with Gasteiger partial charge in [-0.05, 0) is 0 Å². The first-order valence-electron chi connectivity index (χ1n) is 3.33. The fourth-order valence-electron chi connectivity index (χ4n) is 0.446. The van der Waals surface area contributed by atoms with Crippen molar-refractivity contribution in [2.75, 3.05) is 8.86 Å². The van der Waals surface area contributed by atoms with Crippen LogP contribution in [-0.2, 0) is 0 Å². The molecule has 1 atom stereocenters. The zero-order valence-corrected chi connectivity index (χ0v) is 8.76. The Kier molecular flexibility index (Phi) is 4.75. The predicted molar refractivity (Wildman–Crippen MR) is 53.0 cm³/mol. The third-order valence-electron chi connectivity index (χ3n) is 1.19. The quantitative estimate of drug-likeness (QED) is 0.297. The van der Waals surface area contributed by atoms with Gasteiger partial charge in [0.1, 0.15) is 0 Å². The molecule has 0 saturated carbocycles. The van der Waals surface area contributed by atoms with Crippen LogP contribution in [0.25, 0.3) is 0 Å². The van der Waals surface area contributed by atoms with Crippen molar-refractivity contribution in [1.82, 2.24) is 0 Å². The first-order valence-corrected chi connectivity index (χ1v) is 7.62. The van der Waals surface area contributed by atoms with Crippen LogP contribution in [0.4, 0.5) is 0 Å². The minimum atomic E-state index is -1.17. The van der Waals surface area contributed by atoms with Crippen LogP contribution in [0.5, 0.6) is 0 Å². The molecule has 0 aromatic rings. The number of hydrogen-bond acceptors (Lipinski definition) is 3. The Balaban J connectivity index is 3.36. The molecule has 0 saturated heterocycles. The van der Waals surface area contributed by atoms with Crippen LogP contribution in [0.3, 0.4) is 0 Å². The normalized spacial score (nSPS) is 18.3. The van der Waals surface area contributed by atoms with E-state index in [0.29, 0.717) is 6.42 Å². The van der Waals surface area contributed by atoms with E-state index in [9.17, 15) is 0 Å². The molecular formula is C6H17IN2O. The van der Waals surface area contributed by atoms with Gasteiger partial charge in [-0.2, -0.15) is 0 Å². The van der Waals surface area contributed by atoms with E-state index in [1.165, 1.54) is 0 Å². The second-order valence-corrected chi connectivity index (χ2v) is 8.01. The van der Waals surface area contributed by atoms with E-state index in [1.807, 2.05) is 0 Å². The molecule has 0 bridgehead atoms. The first-order chi connectivity index (χ1) is 4.45. The van der Waals surface area contributed by atoms with Crippen LogP contribution in [0.1, 0.15) is 20.3 Å². The molecule has 0 aliphatic rings. The van der Waals surface area contributed by atoms with Crippen LogP contribution >= 0.6 is 20.1 Å². The molecule has 0 amide bonds. The zero-order valence-electron chi connectivity index (χ0n) is 6.60. The Bertz CT molecular complexity index is 92.2. The monoisotopic (exact) mass is 260 g/mol. The Morgan fingerprint density at radius 3 is 2.40 bits per heavy atom. The van der Waals surface area contributed by atoms with Crippen molar-refractivity contribution in [3.63, 3.8) is 0 Å². The summed E-state index contributed by atoms with van der Waals surface area (Å²) < 4.78 is 7.82. The van der Waals surface area contributed by atoms with Gasteiger partial charge in [-0.3, -0.25) is 0 Å². The molecule has 10 heavy (non-hydrogen) atoms. The molecule has 0 rings (SSSR count). The van der Waals surface area contributed by atoms with Crippen molar-refractivity contribution in [3.8, 4) is 0 Å². The van der Waals surface area contributed by atoms with Gasteiger partial charge >= 0.3 is 69.7 Å². The maximum absolute atomic E-state index is 9.11. The van der Waals surface area contributed by atoms with E-state index >= 15 is 0 Å². The van der Waals surface area contributed by atoms with Gasteiger partial charge in [0.05, 0.1) is 0 Å². The van der Waals surface area contributed by atoms with E-state index in [2.05, 4.69) is 6.92 Å². The van der Waals surface area contributed by atoms with Crippen molar-refractivity contribution in [3.05, 3.63) is 0 Å². The summed E-state index contributed by atoms with van der Waals surface area (Å²) in [6.45, 7) is 3.71. The summed E-state index contributed by atoms with van der Waals surface area (Å²) in [6.07, 6.45) is 0.641. The van der Waals surface area contributed by atoms with Crippen LogP contribution in [0.15, 0.2) is 0 Å². The molecule has 1 unspecified atom stereocenters. The van der Waals surface area contributed by atoms with E-state index in [0.717, 1.165) is 8.86 Å². The van der Waals surface area contributed by atoms with Gasteiger partial charge in [-0.15, -0.1) is 0 Å². The van der Waals surface area contributed by atoms with Crippen molar-refractivity contribution < 1.29 is 5.11 Å². The van der Waals surface area contributed by atoms with Crippen LogP contribution < -0.4 is 9.68 Å². The second-order valence-electron chi connectivity index (χ2n) is 2.56. The Hall–Kier alpha value is 0.610. The van der Waals surface area contributed by atoms with E-state index in [1.54, 1.807) is 6.92 Å². The second kappa shape index (κ2) is 4.48. The fraction of sp³-hybridized carbons (Fsp3) is 1.00. The number of alkyl halides is 2. The van der Waals surface area contributed by atoms with Crippen LogP contribution in [0.2, 0.25) is 0 Å². The van der Waals surface area contributed by atoms with Gasteiger partial charge in [0, 0.05) is 0 Å². The third kappa shape index (κ3) is 6.73. The van der Waals surface area contributed by atoms with E-state index in [-0.39, 0.29) is 0 Å². The predicted octanol–water partition coefficient (Wildman–Crippen LogP) is 0.444. The molecule has 5 N–H and O–H groups in total. The summed E-state index contributed by atoms with van der Waals surface area (Å²) >= 11 is -1.17. The summed E-state index contributed by atoms with van der Waals surface area (Å²) in [5.41, 5.74) is 4.35. The summed E-state index contributed by atoms with van der Waals surface area (Å²) in [4.78, 5) is 0. The van der Waals surface area contributed by atoms with Crippen molar-refractivity contribution in [1.29, 1.82) is 0 Å². The summed E-state index contributed by atoms with van der Waals surface area (Å²) in [7, 11) is 0. The number of halogens is 1. The molecule has 0 aliphatic heterocycles. The Morgan fingerprint density at radius 2 is 2.10 bits per heavy atom. The molecule has 0 spiro atoms. The van der Waals surface area contributed by atoms with Gasteiger partial charge in [-0.1, -0.05) is 0 Å². The molecule has 0 fully saturated rings. The maximum atomic E-state index is 9.11. The van der Waals surface area contributed by atoms with E-state index < -0.39 is 25.8 Å². The Morgan fingerprint density at radius 1 is 1.60 bits per heavy atom. The number of rotatable bonds is 4. The van der Waals surface area contributed by atoms with E-state index in [4.69, 9.17) is 14.8 Å². The molecule has 0 radical (unpaired) electrons. The zero-order chi connectivity index (χ0) is 8.20. The number of aliphatic hydroxyl groups is 1. The van der Waals surface area contributed by atoms with Gasteiger partial charge in [0.2, 0.25) is 0 Å². The average molecular weight is 260 g/mol. The van der Waals surface area contributed by atoms with Gasteiger partial charge in [-0.25, -0.2) is 0 Å². The number of nitrogens with two attached hydrogens (primary N) is 2. The molecule has 0 aromatic carbocycles. The van der Waals surface area contributed by atoms with Crippen molar-refractivity contribution in [2.45, 2.75) is 26.0 Å². The standard InChI is InChI=1S/C6H17IN2O/c1-3-7(9)5-4-6(2,8)10/h10H,3-5,8-9H2,1-2H3. The third-order valence-corrected chi connectivity index (χ3v) is 5.07. The minimum absolute atomic E-state index is 0.641. The topological polar surface area (TPSA) is 72.3 Å². The Labute approximate surface area is 69.9 Å².